The predicted octanol–water partition coefficient (Wildman–Crippen LogP) is 6.69. The van der Waals surface area contributed by atoms with Gasteiger partial charge in [-0.3, -0.25) is 4.79 Å². The number of allylic oxidation sites excluding steroid dienone is 1. The minimum atomic E-state index is -4.55. The largest absolute Gasteiger partial charge is 0.496 e. The molecule has 0 spiro atoms. The molecular formula is C27H23F3N2O2. The number of fused-ring (bicyclic) bond motifs is 1. The third-order valence-corrected chi connectivity index (χ3v) is 6.46. The molecule has 174 valence electrons. The molecule has 0 bridgehead atoms. The lowest BCUT2D eigenvalue weighted by Gasteiger charge is -2.31. The number of carbonyl (C=O) groups excluding carboxylic acids is 1. The number of methoxy groups -OCH3 is 1. The lowest BCUT2D eigenvalue weighted by atomic mass is 9.77. The van der Waals surface area contributed by atoms with E-state index in [0.717, 1.165) is 17.3 Å². The van der Waals surface area contributed by atoms with Gasteiger partial charge in [0.2, 0.25) is 0 Å². The number of ether oxygens (including phenoxy) is 1. The van der Waals surface area contributed by atoms with Gasteiger partial charge in [0.05, 0.1) is 30.1 Å². The number of hydrogen-bond acceptors (Lipinski definition) is 4. The van der Waals surface area contributed by atoms with Crippen molar-refractivity contribution in [3.8, 4) is 5.75 Å². The van der Waals surface area contributed by atoms with Crippen LogP contribution in [0.1, 0.15) is 41.5 Å². The molecule has 1 aliphatic heterocycles. The van der Waals surface area contributed by atoms with Crippen molar-refractivity contribution >= 4 is 17.2 Å². The van der Waals surface area contributed by atoms with E-state index in [0.29, 0.717) is 29.1 Å². The van der Waals surface area contributed by atoms with Crippen LogP contribution in [0.4, 0.5) is 24.5 Å². The van der Waals surface area contributed by atoms with Gasteiger partial charge in [-0.2, -0.15) is 13.2 Å². The Labute approximate surface area is 195 Å². The molecule has 3 aromatic rings. The van der Waals surface area contributed by atoms with Crippen molar-refractivity contribution in [2.24, 2.45) is 0 Å². The van der Waals surface area contributed by atoms with Crippen molar-refractivity contribution in [2.45, 2.75) is 31.0 Å². The zero-order valence-corrected chi connectivity index (χ0v) is 18.4. The standard InChI is InChI=1S/C27H23F3N2O2/c1-34-24-13-7-3-8-17(24)16-14-22-25(23(33)15-16)26(32-21-12-6-5-11-20(21)31-22)18-9-2-4-10-19(18)27(28,29)30/h2-13,16,26,31-32H,14-15H2,1H3. The molecule has 0 saturated carbocycles. The summed E-state index contributed by atoms with van der Waals surface area (Å²) in [4.78, 5) is 13.6. The second-order valence-electron chi connectivity index (χ2n) is 8.50. The number of anilines is 2. The van der Waals surface area contributed by atoms with Crippen LogP contribution in [0.15, 0.2) is 84.1 Å². The Morgan fingerprint density at radius 3 is 2.24 bits per heavy atom. The maximum absolute atomic E-state index is 13.9. The molecule has 0 fully saturated rings. The van der Waals surface area contributed by atoms with E-state index in [1.807, 2.05) is 42.5 Å². The van der Waals surface area contributed by atoms with Crippen LogP contribution in [-0.2, 0) is 11.0 Å². The fraction of sp³-hybridized carbons (Fsp3) is 0.222. The van der Waals surface area contributed by atoms with Gasteiger partial charge in [-0.15, -0.1) is 0 Å². The van der Waals surface area contributed by atoms with Gasteiger partial charge in [-0.05, 0) is 41.8 Å². The van der Waals surface area contributed by atoms with Crippen LogP contribution in [0.5, 0.6) is 5.75 Å². The number of hydrogen-bond donors (Lipinski definition) is 2. The summed E-state index contributed by atoms with van der Waals surface area (Å²) >= 11 is 0. The first-order valence-corrected chi connectivity index (χ1v) is 11.0. The monoisotopic (exact) mass is 464 g/mol. The van der Waals surface area contributed by atoms with Crippen molar-refractivity contribution in [3.63, 3.8) is 0 Å². The first-order valence-electron chi connectivity index (χ1n) is 11.0. The van der Waals surface area contributed by atoms with Crippen molar-refractivity contribution in [3.05, 3.63) is 101 Å². The normalized spacial score (nSPS) is 19.9. The molecule has 0 saturated heterocycles. The van der Waals surface area contributed by atoms with Gasteiger partial charge in [0.15, 0.2) is 5.78 Å². The molecule has 2 N–H and O–H groups in total. The van der Waals surface area contributed by atoms with E-state index in [-0.39, 0.29) is 23.7 Å². The minimum absolute atomic E-state index is 0.0325. The van der Waals surface area contributed by atoms with Crippen LogP contribution < -0.4 is 15.4 Å². The number of rotatable bonds is 3. The number of carbonyl (C=O) groups is 1. The summed E-state index contributed by atoms with van der Waals surface area (Å²) in [6, 6.07) is 19.4. The first kappa shape index (κ1) is 22.1. The summed E-state index contributed by atoms with van der Waals surface area (Å²) in [7, 11) is 1.59. The van der Waals surface area contributed by atoms with Crippen LogP contribution in [-0.4, -0.2) is 12.9 Å². The second kappa shape index (κ2) is 8.56. The van der Waals surface area contributed by atoms with E-state index in [1.54, 1.807) is 19.2 Å². The lowest BCUT2D eigenvalue weighted by molar-refractivity contribution is -0.138. The average Bonchev–Trinajstić information content (AvgIpc) is 3.00. The van der Waals surface area contributed by atoms with Gasteiger partial charge in [0.25, 0.3) is 0 Å². The molecule has 3 aromatic carbocycles. The third-order valence-electron chi connectivity index (χ3n) is 6.46. The molecule has 34 heavy (non-hydrogen) atoms. The predicted molar refractivity (Wildman–Crippen MR) is 125 cm³/mol. The maximum Gasteiger partial charge on any atom is 0.416 e. The quantitative estimate of drug-likeness (QED) is 0.453. The number of halogens is 3. The number of ketones is 1. The molecule has 2 atom stereocenters. The summed E-state index contributed by atoms with van der Waals surface area (Å²) in [5, 5.41) is 6.59. The van der Waals surface area contributed by atoms with E-state index in [2.05, 4.69) is 10.6 Å². The van der Waals surface area contributed by atoms with Crippen LogP contribution in [0.25, 0.3) is 0 Å². The fourth-order valence-corrected chi connectivity index (χ4v) is 4.96. The molecule has 1 aliphatic carbocycles. The molecule has 0 radical (unpaired) electrons. The number of Topliss-reactive ketones (excluding diaryl/α,β-unsaturated/α-hetero) is 1. The summed E-state index contributed by atoms with van der Waals surface area (Å²) in [6.45, 7) is 0. The van der Waals surface area contributed by atoms with Crippen LogP contribution >= 0.6 is 0 Å². The third kappa shape index (κ3) is 3.91. The topological polar surface area (TPSA) is 50.4 Å². The summed E-state index contributed by atoms with van der Waals surface area (Å²) < 4.78 is 47.3. The average molecular weight is 464 g/mol. The number of nitrogens with one attached hydrogen (secondary N) is 2. The molecule has 0 aromatic heterocycles. The molecule has 5 rings (SSSR count). The van der Waals surface area contributed by atoms with E-state index in [4.69, 9.17) is 4.74 Å². The number of para-hydroxylation sites is 3. The first-order chi connectivity index (χ1) is 16.4. The van der Waals surface area contributed by atoms with Crippen molar-refractivity contribution < 1.29 is 22.7 Å². The van der Waals surface area contributed by atoms with Crippen LogP contribution in [0.3, 0.4) is 0 Å². The van der Waals surface area contributed by atoms with Crippen molar-refractivity contribution in [1.29, 1.82) is 0 Å². The van der Waals surface area contributed by atoms with Gasteiger partial charge >= 0.3 is 6.18 Å². The Morgan fingerprint density at radius 1 is 0.853 bits per heavy atom. The summed E-state index contributed by atoms with van der Waals surface area (Å²) in [6.07, 6.45) is -3.89. The molecule has 0 amide bonds. The Balaban J connectivity index is 1.66. The zero-order chi connectivity index (χ0) is 23.9. The van der Waals surface area contributed by atoms with Gasteiger partial charge in [0, 0.05) is 23.6 Å². The van der Waals surface area contributed by atoms with Gasteiger partial charge < -0.3 is 15.4 Å². The van der Waals surface area contributed by atoms with Gasteiger partial charge in [-0.1, -0.05) is 48.5 Å². The van der Waals surface area contributed by atoms with Crippen molar-refractivity contribution in [2.75, 3.05) is 17.7 Å². The van der Waals surface area contributed by atoms with Crippen LogP contribution in [0.2, 0.25) is 0 Å². The fourth-order valence-electron chi connectivity index (χ4n) is 4.96. The van der Waals surface area contributed by atoms with Crippen LogP contribution in [0, 0.1) is 0 Å². The highest BCUT2D eigenvalue weighted by atomic mass is 19.4. The Bertz CT molecular complexity index is 1280. The van der Waals surface area contributed by atoms with Gasteiger partial charge in [0.1, 0.15) is 5.75 Å². The lowest BCUT2D eigenvalue weighted by Crippen LogP contribution is -2.28. The Hall–Kier alpha value is -3.74. The molecule has 2 aliphatic rings. The summed E-state index contributed by atoms with van der Waals surface area (Å²) in [5.41, 5.74) is 2.52. The number of benzene rings is 3. The van der Waals surface area contributed by atoms with Gasteiger partial charge in [-0.25, -0.2) is 0 Å². The molecule has 7 heteroatoms. The SMILES string of the molecule is COc1ccccc1C1CC(=O)C2=C(C1)Nc1ccccc1NC2c1ccccc1C(F)(F)F. The Kier molecular flexibility index (Phi) is 5.55. The highest BCUT2D eigenvalue weighted by Crippen LogP contribution is 2.47. The molecule has 2 unspecified atom stereocenters. The maximum atomic E-state index is 13.9. The zero-order valence-electron chi connectivity index (χ0n) is 18.4. The molecular weight excluding hydrogens is 441 g/mol. The highest BCUT2D eigenvalue weighted by molar-refractivity contribution is 6.01. The second-order valence-corrected chi connectivity index (χ2v) is 8.50. The minimum Gasteiger partial charge on any atom is -0.496 e. The molecule has 4 nitrogen and oxygen atoms in total. The Morgan fingerprint density at radius 2 is 1.50 bits per heavy atom. The number of alkyl halides is 3. The summed E-state index contributed by atoms with van der Waals surface area (Å²) in [5.74, 6) is 0.348. The van der Waals surface area contributed by atoms with Crippen molar-refractivity contribution in [1.82, 2.24) is 0 Å². The smallest absolute Gasteiger partial charge is 0.416 e. The van der Waals surface area contributed by atoms with E-state index in [1.165, 1.54) is 12.1 Å². The highest BCUT2D eigenvalue weighted by Gasteiger charge is 2.41. The van der Waals surface area contributed by atoms with E-state index in [9.17, 15) is 18.0 Å². The van der Waals surface area contributed by atoms with E-state index < -0.39 is 17.8 Å². The molecule has 1 heterocycles. The van der Waals surface area contributed by atoms with E-state index >= 15 is 0 Å².